The lowest BCUT2D eigenvalue weighted by atomic mass is 10.0. The maximum absolute atomic E-state index is 12.7. The molecule has 0 radical (unpaired) electrons. The molecule has 1 fully saturated rings. The monoisotopic (exact) mass is 425 g/mol. The molecule has 0 spiro atoms. The van der Waals surface area contributed by atoms with E-state index in [0.717, 1.165) is 55.6 Å². The lowest BCUT2D eigenvalue weighted by Crippen LogP contribution is -2.24. The molecular formula is C23H27N3O5. The van der Waals surface area contributed by atoms with Gasteiger partial charge in [0.25, 0.3) is 11.6 Å². The molecule has 3 rings (SSSR count). The van der Waals surface area contributed by atoms with Crippen molar-refractivity contribution in [2.75, 3.05) is 29.9 Å². The van der Waals surface area contributed by atoms with E-state index in [9.17, 15) is 19.7 Å². The summed E-state index contributed by atoms with van der Waals surface area (Å²) in [7, 11) is 0. The lowest BCUT2D eigenvalue weighted by Gasteiger charge is -2.20. The fourth-order valence-electron chi connectivity index (χ4n) is 3.82. The fourth-order valence-corrected chi connectivity index (χ4v) is 3.82. The Labute approximate surface area is 181 Å². The molecule has 1 aliphatic rings. The molecule has 1 heterocycles. The normalized spacial score (nSPS) is 13.2. The predicted molar refractivity (Wildman–Crippen MR) is 119 cm³/mol. The number of nitrogens with zero attached hydrogens (tertiary/aromatic N) is 2. The van der Waals surface area contributed by atoms with Crippen molar-refractivity contribution in [1.82, 2.24) is 0 Å². The van der Waals surface area contributed by atoms with Gasteiger partial charge in [-0.1, -0.05) is 32.0 Å². The van der Waals surface area contributed by atoms with Gasteiger partial charge in [-0.15, -0.1) is 0 Å². The minimum absolute atomic E-state index is 0.104. The van der Waals surface area contributed by atoms with Gasteiger partial charge in [0.2, 0.25) is 0 Å². The first-order chi connectivity index (χ1) is 14.9. The van der Waals surface area contributed by atoms with Crippen LogP contribution in [0.1, 0.15) is 48.2 Å². The fraction of sp³-hybridized carbons (Fsp3) is 0.391. The number of esters is 1. The Balaban J connectivity index is 1.74. The van der Waals surface area contributed by atoms with Crippen LogP contribution in [-0.2, 0) is 22.4 Å². The predicted octanol–water partition coefficient (Wildman–Crippen LogP) is 4.12. The minimum Gasteiger partial charge on any atom is -0.452 e. The summed E-state index contributed by atoms with van der Waals surface area (Å²) in [4.78, 5) is 37.9. The van der Waals surface area contributed by atoms with E-state index in [1.54, 1.807) is 6.07 Å². The van der Waals surface area contributed by atoms with E-state index in [0.29, 0.717) is 5.69 Å². The first-order valence-electron chi connectivity index (χ1n) is 10.6. The Morgan fingerprint density at radius 1 is 1.10 bits per heavy atom. The van der Waals surface area contributed by atoms with Crippen LogP contribution in [0.3, 0.4) is 0 Å². The molecule has 2 aromatic rings. The number of nitro groups is 1. The zero-order valence-electron chi connectivity index (χ0n) is 17.8. The molecule has 0 aliphatic carbocycles. The summed E-state index contributed by atoms with van der Waals surface area (Å²) in [5.74, 6) is -1.20. The van der Waals surface area contributed by atoms with Crippen molar-refractivity contribution >= 4 is 28.9 Å². The van der Waals surface area contributed by atoms with E-state index in [-0.39, 0.29) is 11.3 Å². The molecule has 8 nitrogen and oxygen atoms in total. The standard InChI is InChI=1S/C23H27N3O5/c1-3-16-8-7-9-17(4-2)22(16)24-21(27)15-31-23(28)19-14-18(26(29)30)10-11-20(19)25-12-5-6-13-25/h7-11,14H,3-6,12-13,15H2,1-2H3,(H,24,27). The topological polar surface area (TPSA) is 102 Å². The highest BCUT2D eigenvalue weighted by Crippen LogP contribution is 2.29. The van der Waals surface area contributed by atoms with Crippen molar-refractivity contribution in [1.29, 1.82) is 0 Å². The molecule has 1 amide bonds. The number of hydrogen-bond acceptors (Lipinski definition) is 6. The molecule has 1 aliphatic heterocycles. The third-order valence-corrected chi connectivity index (χ3v) is 5.46. The van der Waals surface area contributed by atoms with Gasteiger partial charge in [-0.3, -0.25) is 14.9 Å². The van der Waals surface area contributed by atoms with Crippen LogP contribution < -0.4 is 10.2 Å². The summed E-state index contributed by atoms with van der Waals surface area (Å²) < 4.78 is 5.24. The molecule has 0 aromatic heterocycles. The molecule has 0 bridgehead atoms. The van der Waals surface area contributed by atoms with Crippen molar-refractivity contribution in [3.05, 3.63) is 63.2 Å². The summed E-state index contributed by atoms with van der Waals surface area (Å²) in [6.07, 6.45) is 3.50. The maximum atomic E-state index is 12.7. The number of nitro benzene ring substituents is 1. The number of carbonyl (C=O) groups is 2. The van der Waals surface area contributed by atoms with Crippen molar-refractivity contribution in [2.24, 2.45) is 0 Å². The van der Waals surface area contributed by atoms with E-state index in [2.05, 4.69) is 5.32 Å². The molecule has 0 unspecified atom stereocenters. The molecule has 8 heteroatoms. The largest absolute Gasteiger partial charge is 0.452 e. The number of aryl methyl sites for hydroxylation is 2. The molecule has 31 heavy (non-hydrogen) atoms. The lowest BCUT2D eigenvalue weighted by molar-refractivity contribution is -0.384. The first kappa shape index (κ1) is 22.3. The minimum atomic E-state index is -0.750. The number of non-ortho nitro benzene ring substituents is 1. The Kier molecular flexibility index (Phi) is 7.23. The molecule has 164 valence electrons. The molecular weight excluding hydrogens is 398 g/mol. The second-order valence-electron chi connectivity index (χ2n) is 7.44. The van der Waals surface area contributed by atoms with E-state index in [1.165, 1.54) is 12.1 Å². The summed E-state index contributed by atoms with van der Waals surface area (Å²) in [5, 5.41) is 14.0. The quantitative estimate of drug-likeness (QED) is 0.388. The van der Waals surface area contributed by atoms with Gasteiger partial charge in [-0.2, -0.15) is 0 Å². The van der Waals surface area contributed by atoms with Crippen LogP contribution in [0, 0.1) is 10.1 Å². The zero-order valence-corrected chi connectivity index (χ0v) is 17.8. The van der Waals surface area contributed by atoms with Gasteiger partial charge in [0.15, 0.2) is 6.61 Å². The van der Waals surface area contributed by atoms with Crippen LogP contribution in [-0.4, -0.2) is 36.5 Å². The average Bonchev–Trinajstić information content (AvgIpc) is 3.31. The highest BCUT2D eigenvalue weighted by molar-refractivity contribution is 5.99. The van der Waals surface area contributed by atoms with Crippen molar-refractivity contribution < 1.29 is 19.2 Å². The van der Waals surface area contributed by atoms with Gasteiger partial charge >= 0.3 is 5.97 Å². The zero-order chi connectivity index (χ0) is 22.4. The van der Waals surface area contributed by atoms with E-state index < -0.39 is 23.4 Å². The number of para-hydroxylation sites is 1. The van der Waals surface area contributed by atoms with Crippen LogP contribution in [0.4, 0.5) is 17.1 Å². The number of nitrogens with one attached hydrogen (secondary N) is 1. The molecule has 1 saturated heterocycles. The van der Waals surface area contributed by atoms with Crippen LogP contribution in [0.5, 0.6) is 0 Å². The third-order valence-electron chi connectivity index (χ3n) is 5.46. The van der Waals surface area contributed by atoms with Gasteiger partial charge in [0, 0.05) is 30.9 Å². The van der Waals surface area contributed by atoms with Gasteiger partial charge in [0.05, 0.1) is 16.2 Å². The SMILES string of the molecule is CCc1cccc(CC)c1NC(=O)COC(=O)c1cc([N+](=O)[O-])ccc1N1CCCC1. The van der Waals surface area contributed by atoms with Crippen molar-refractivity contribution in [3.8, 4) is 0 Å². The van der Waals surface area contributed by atoms with Gasteiger partial charge in [-0.25, -0.2) is 4.79 Å². The Hall–Kier alpha value is -3.42. The van der Waals surface area contributed by atoms with Gasteiger partial charge in [-0.05, 0) is 42.9 Å². The number of anilines is 2. The Morgan fingerprint density at radius 2 is 1.74 bits per heavy atom. The van der Waals surface area contributed by atoms with Gasteiger partial charge < -0.3 is 15.0 Å². The highest BCUT2D eigenvalue weighted by atomic mass is 16.6. The molecule has 1 N–H and O–H groups in total. The third kappa shape index (κ3) is 5.20. The summed E-state index contributed by atoms with van der Waals surface area (Å²) in [6, 6.07) is 10.0. The summed E-state index contributed by atoms with van der Waals surface area (Å²) >= 11 is 0. The number of carbonyl (C=O) groups excluding carboxylic acids is 2. The number of ether oxygens (including phenoxy) is 1. The maximum Gasteiger partial charge on any atom is 0.341 e. The Bertz CT molecular complexity index is 961. The van der Waals surface area contributed by atoms with E-state index >= 15 is 0 Å². The van der Waals surface area contributed by atoms with Gasteiger partial charge in [0.1, 0.15) is 0 Å². The second kappa shape index (κ2) is 10.1. The Morgan fingerprint density at radius 3 is 2.32 bits per heavy atom. The first-order valence-corrected chi connectivity index (χ1v) is 10.6. The smallest absolute Gasteiger partial charge is 0.341 e. The van der Waals surface area contributed by atoms with Crippen LogP contribution >= 0.6 is 0 Å². The molecule has 0 saturated carbocycles. The summed E-state index contributed by atoms with van der Waals surface area (Å²) in [5.41, 5.74) is 3.28. The second-order valence-corrected chi connectivity index (χ2v) is 7.44. The van der Waals surface area contributed by atoms with E-state index in [4.69, 9.17) is 4.74 Å². The number of hydrogen-bond donors (Lipinski definition) is 1. The van der Waals surface area contributed by atoms with Crippen molar-refractivity contribution in [2.45, 2.75) is 39.5 Å². The van der Waals surface area contributed by atoms with Crippen LogP contribution in [0.25, 0.3) is 0 Å². The number of rotatable bonds is 8. The van der Waals surface area contributed by atoms with Crippen LogP contribution in [0.2, 0.25) is 0 Å². The van der Waals surface area contributed by atoms with Crippen molar-refractivity contribution in [3.63, 3.8) is 0 Å². The van der Waals surface area contributed by atoms with E-state index in [1.807, 2.05) is 36.9 Å². The molecule has 2 aromatic carbocycles. The average molecular weight is 425 g/mol. The number of amides is 1. The highest BCUT2D eigenvalue weighted by Gasteiger charge is 2.24. The van der Waals surface area contributed by atoms with Crippen LogP contribution in [0.15, 0.2) is 36.4 Å². The molecule has 0 atom stereocenters. The summed E-state index contributed by atoms with van der Waals surface area (Å²) in [6.45, 7) is 5.08. The number of benzene rings is 2.